The Labute approximate surface area is 155 Å². The third-order valence-electron chi connectivity index (χ3n) is 4.15. The standard InChI is InChI=1S/C11H14N4.C9H14N2/c1-7-9(12)10(8-5-3-4-6-8)15-11(13-2)14-7;1-7-2-3-8(4-5-10)9(11)6-7/h3-5H,6,12H2,1-2H3,(H,13,14,15);2-3,6H,4-5,10-11H2,1H3. The van der Waals surface area contributed by atoms with E-state index in [0.29, 0.717) is 18.2 Å². The van der Waals surface area contributed by atoms with E-state index in [9.17, 15) is 0 Å². The molecule has 0 atom stereocenters. The molecule has 2 aromatic rings. The summed E-state index contributed by atoms with van der Waals surface area (Å²) in [5.41, 5.74) is 23.8. The van der Waals surface area contributed by atoms with Crippen LogP contribution in [0.5, 0.6) is 0 Å². The maximum absolute atomic E-state index is 5.96. The van der Waals surface area contributed by atoms with Gasteiger partial charge in [0.15, 0.2) is 0 Å². The minimum absolute atomic E-state index is 0.615. The second-order valence-electron chi connectivity index (χ2n) is 6.21. The Kier molecular flexibility index (Phi) is 6.74. The lowest BCUT2D eigenvalue weighted by Crippen LogP contribution is -2.06. The summed E-state index contributed by atoms with van der Waals surface area (Å²) in [5.74, 6) is 0.615. The monoisotopic (exact) mass is 352 g/mol. The van der Waals surface area contributed by atoms with Crippen molar-refractivity contribution in [2.24, 2.45) is 5.73 Å². The number of aromatic nitrogens is 2. The number of nitrogens with zero attached hydrogens (tertiary/aromatic N) is 2. The van der Waals surface area contributed by atoms with Crippen LogP contribution in [-0.4, -0.2) is 23.6 Å². The van der Waals surface area contributed by atoms with Crippen LogP contribution in [0.1, 0.15) is 28.9 Å². The first kappa shape index (κ1) is 19.5. The van der Waals surface area contributed by atoms with E-state index in [1.165, 1.54) is 5.56 Å². The summed E-state index contributed by atoms with van der Waals surface area (Å²) >= 11 is 0. The maximum atomic E-state index is 5.96. The summed E-state index contributed by atoms with van der Waals surface area (Å²) in [4.78, 5) is 8.61. The van der Waals surface area contributed by atoms with E-state index < -0.39 is 0 Å². The van der Waals surface area contributed by atoms with Crippen molar-refractivity contribution in [3.63, 3.8) is 0 Å². The first-order valence-electron chi connectivity index (χ1n) is 8.69. The molecule has 1 aliphatic rings. The molecular formula is C20H28N6. The largest absolute Gasteiger partial charge is 0.398 e. The van der Waals surface area contributed by atoms with E-state index in [2.05, 4.69) is 27.4 Å². The molecule has 0 fully saturated rings. The number of nitrogens with one attached hydrogen (secondary N) is 1. The predicted octanol–water partition coefficient (Wildman–Crippen LogP) is 2.83. The van der Waals surface area contributed by atoms with Crippen molar-refractivity contribution < 1.29 is 0 Å². The molecule has 0 saturated heterocycles. The third-order valence-corrected chi connectivity index (χ3v) is 4.15. The van der Waals surface area contributed by atoms with Gasteiger partial charge in [-0.1, -0.05) is 30.4 Å². The quantitative estimate of drug-likeness (QED) is 0.629. The van der Waals surface area contributed by atoms with E-state index >= 15 is 0 Å². The van der Waals surface area contributed by atoms with Gasteiger partial charge in [0.25, 0.3) is 0 Å². The summed E-state index contributed by atoms with van der Waals surface area (Å²) in [7, 11) is 1.80. The Balaban J connectivity index is 0.000000197. The molecule has 3 rings (SSSR count). The van der Waals surface area contributed by atoms with Gasteiger partial charge in [-0.2, -0.15) is 0 Å². The molecule has 0 spiro atoms. The molecule has 1 heterocycles. The molecule has 0 aliphatic heterocycles. The Bertz CT molecular complexity index is 823. The smallest absolute Gasteiger partial charge is 0.223 e. The van der Waals surface area contributed by atoms with Gasteiger partial charge in [0.05, 0.1) is 17.1 Å². The van der Waals surface area contributed by atoms with Crippen molar-refractivity contribution in [1.29, 1.82) is 0 Å². The van der Waals surface area contributed by atoms with E-state index in [-0.39, 0.29) is 0 Å². The van der Waals surface area contributed by atoms with Crippen molar-refractivity contribution in [3.05, 3.63) is 58.9 Å². The lowest BCUT2D eigenvalue weighted by atomic mass is 10.1. The van der Waals surface area contributed by atoms with Crippen LogP contribution in [-0.2, 0) is 6.42 Å². The van der Waals surface area contributed by atoms with Crippen molar-refractivity contribution in [2.75, 3.05) is 30.4 Å². The molecular weight excluding hydrogens is 324 g/mol. The number of anilines is 3. The van der Waals surface area contributed by atoms with Crippen LogP contribution in [0.3, 0.4) is 0 Å². The molecule has 0 bridgehead atoms. The van der Waals surface area contributed by atoms with Crippen molar-refractivity contribution in [1.82, 2.24) is 9.97 Å². The molecule has 0 amide bonds. The predicted molar refractivity (Wildman–Crippen MR) is 111 cm³/mol. The number of hydrogen-bond acceptors (Lipinski definition) is 6. The summed E-state index contributed by atoms with van der Waals surface area (Å²) in [6.45, 7) is 4.58. The summed E-state index contributed by atoms with van der Waals surface area (Å²) in [6.07, 6.45) is 7.91. The molecule has 6 heteroatoms. The van der Waals surface area contributed by atoms with Crippen LogP contribution in [0.25, 0.3) is 5.57 Å². The van der Waals surface area contributed by atoms with Crippen LogP contribution in [0.4, 0.5) is 17.3 Å². The van der Waals surface area contributed by atoms with Crippen LogP contribution >= 0.6 is 0 Å². The van der Waals surface area contributed by atoms with E-state index in [0.717, 1.165) is 41.1 Å². The highest BCUT2D eigenvalue weighted by atomic mass is 15.1. The SMILES string of the molecule is CNc1nc(C)c(N)c(C2=CC=CC2)n1.Cc1ccc(CCN)c(N)c1. The molecule has 1 aliphatic carbocycles. The van der Waals surface area contributed by atoms with Gasteiger partial charge in [-0.15, -0.1) is 0 Å². The second kappa shape index (κ2) is 9.01. The van der Waals surface area contributed by atoms with Crippen LogP contribution in [0, 0.1) is 13.8 Å². The summed E-state index contributed by atoms with van der Waals surface area (Å²) < 4.78 is 0. The number of allylic oxidation sites excluding steroid dienone is 4. The molecule has 1 aromatic carbocycles. The molecule has 0 saturated carbocycles. The Morgan fingerprint density at radius 2 is 1.92 bits per heavy atom. The Hall–Kier alpha value is -2.86. The number of rotatable bonds is 4. The van der Waals surface area contributed by atoms with Gasteiger partial charge < -0.3 is 22.5 Å². The first-order chi connectivity index (χ1) is 12.5. The lowest BCUT2D eigenvalue weighted by Gasteiger charge is -2.10. The van der Waals surface area contributed by atoms with E-state index in [1.807, 2.05) is 38.1 Å². The Morgan fingerprint density at radius 3 is 2.50 bits per heavy atom. The number of hydrogen-bond donors (Lipinski definition) is 4. The zero-order valence-electron chi connectivity index (χ0n) is 15.7. The minimum atomic E-state index is 0.615. The zero-order chi connectivity index (χ0) is 19.1. The molecule has 7 N–H and O–H groups in total. The number of aryl methyl sites for hydroxylation is 2. The third kappa shape index (κ3) is 4.83. The molecule has 0 unspecified atom stereocenters. The highest BCUT2D eigenvalue weighted by Crippen LogP contribution is 2.28. The van der Waals surface area contributed by atoms with Crippen molar-refractivity contribution >= 4 is 22.9 Å². The average Bonchev–Trinajstić information content (AvgIpc) is 3.15. The van der Waals surface area contributed by atoms with Gasteiger partial charge in [0, 0.05) is 12.7 Å². The molecule has 26 heavy (non-hydrogen) atoms. The molecule has 1 aromatic heterocycles. The fourth-order valence-electron chi connectivity index (χ4n) is 2.66. The molecule has 0 radical (unpaired) electrons. The van der Waals surface area contributed by atoms with Crippen LogP contribution in [0.2, 0.25) is 0 Å². The van der Waals surface area contributed by atoms with E-state index in [4.69, 9.17) is 17.2 Å². The van der Waals surface area contributed by atoms with Crippen LogP contribution in [0.15, 0.2) is 36.4 Å². The summed E-state index contributed by atoms with van der Waals surface area (Å²) in [5, 5.41) is 2.93. The highest BCUT2D eigenvalue weighted by Gasteiger charge is 2.12. The van der Waals surface area contributed by atoms with Crippen LogP contribution < -0.4 is 22.5 Å². The van der Waals surface area contributed by atoms with Gasteiger partial charge in [-0.25, -0.2) is 9.97 Å². The number of nitrogen functional groups attached to an aromatic ring is 2. The van der Waals surface area contributed by atoms with Gasteiger partial charge in [0.1, 0.15) is 0 Å². The van der Waals surface area contributed by atoms with Crippen molar-refractivity contribution in [2.45, 2.75) is 26.7 Å². The summed E-state index contributed by atoms with van der Waals surface area (Å²) in [6, 6.07) is 6.07. The molecule has 6 nitrogen and oxygen atoms in total. The van der Waals surface area contributed by atoms with Gasteiger partial charge in [-0.05, 0) is 56.0 Å². The van der Waals surface area contributed by atoms with Gasteiger partial charge in [0.2, 0.25) is 5.95 Å². The molecule has 138 valence electrons. The van der Waals surface area contributed by atoms with E-state index in [1.54, 1.807) is 7.05 Å². The highest BCUT2D eigenvalue weighted by molar-refractivity contribution is 5.77. The average molecular weight is 352 g/mol. The topological polar surface area (TPSA) is 116 Å². The van der Waals surface area contributed by atoms with Gasteiger partial charge >= 0.3 is 0 Å². The zero-order valence-corrected chi connectivity index (χ0v) is 15.7. The number of nitrogens with two attached hydrogens (primary N) is 3. The minimum Gasteiger partial charge on any atom is -0.398 e. The first-order valence-corrected chi connectivity index (χ1v) is 8.69. The van der Waals surface area contributed by atoms with Crippen molar-refractivity contribution in [3.8, 4) is 0 Å². The normalized spacial score (nSPS) is 12.4. The Morgan fingerprint density at radius 1 is 1.15 bits per heavy atom. The second-order valence-corrected chi connectivity index (χ2v) is 6.21. The van der Waals surface area contributed by atoms with Gasteiger partial charge in [-0.3, -0.25) is 0 Å². The lowest BCUT2D eigenvalue weighted by molar-refractivity contribution is 0.970. The maximum Gasteiger partial charge on any atom is 0.223 e. The number of benzene rings is 1. The fourth-order valence-corrected chi connectivity index (χ4v) is 2.66. The fraction of sp³-hybridized carbons (Fsp3) is 0.300.